The molecular weight excluding hydrogens is 234 g/mol. The number of aryl methyl sites for hydroxylation is 1. The van der Waals surface area contributed by atoms with Crippen molar-refractivity contribution in [1.29, 1.82) is 0 Å². The van der Waals surface area contributed by atoms with E-state index in [9.17, 15) is 4.79 Å². The van der Waals surface area contributed by atoms with Crippen LogP contribution in [0.4, 0.5) is 5.69 Å². The number of anilines is 1. The molecule has 0 aliphatic rings. The first-order valence-corrected chi connectivity index (χ1v) is 6.07. The van der Waals surface area contributed by atoms with Crippen molar-refractivity contribution in [3.05, 3.63) is 45.9 Å². The Hall–Kier alpha value is -1.88. The Morgan fingerprint density at radius 1 is 1.53 bits per heavy atom. The molecule has 0 atom stereocenters. The zero-order chi connectivity index (χ0) is 12.3. The van der Waals surface area contributed by atoms with Crippen molar-refractivity contribution >= 4 is 22.9 Å². The van der Waals surface area contributed by atoms with Crippen LogP contribution in [0.1, 0.15) is 20.8 Å². The first kappa shape index (κ1) is 11.6. The van der Waals surface area contributed by atoms with Gasteiger partial charge in [0.2, 0.25) is 0 Å². The van der Waals surface area contributed by atoms with E-state index in [4.69, 9.17) is 5.73 Å². The van der Waals surface area contributed by atoms with Gasteiger partial charge in [-0.1, -0.05) is 0 Å². The second kappa shape index (κ2) is 4.97. The summed E-state index contributed by atoms with van der Waals surface area (Å²) >= 11 is 1.35. The smallest absolute Gasteiger partial charge is 0.263 e. The van der Waals surface area contributed by atoms with Crippen LogP contribution in [0, 0.1) is 6.92 Å². The quantitative estimate of drug-likeness (QED) is 0.871. The number of carbonyl (C=O) groups excluding carboxylic acids is 1. The molecule has 0 radical (unpaired) electrons. The standard InChI is InChI=1S/C12H13N3OS/c1-8-6-14-4-2-9(8)7-15-12(16)11-10(13)3-5-17-11/h2-6H,7,13H2,1H3,(H,15,16). The van der Waals surface area contributed by atoms with Gasteiger partial charge in [-0.3, -0.25) is 9.78 Å². The van der Waals surface area contributed by atoms with Gasteiger partial charge >= 0.3 is 0 Å². The molecule has 5 heteroatoms. The highest BCUT2D eigenvalue weighted by Gasteiger charge is 2.10. The van der Waals surface area contributed by atoms with Crippen LogP contribution in [0.5, 0.6) is 0 Å². The van der Waals surface area contributed by atoms with Crippen molar-refractivity contribution in [2.45, 2.75) is 13.5 Å². The van der Waals surface area contributed by atoms with E-state index in [-0.39, 0.29) is 5.91 Å². The summed E-state index contributed by atoms with van der Waals surface area (Å²) in [6.45, 7) is 2.46. The Morgan fingerprint density at radius 3 is 3.00 bits per heavy atom. The highest BCUT2D eigenvalue weighted by molar-refractivity contribution is 7.12. The molecule has 0 spiro atoms. The summed E-state index contributed by atoms with van der Waals surface area (Å²) < 4.78 is 0. The van der Waals surface area contributed by atoms with E-state index in [2.05, 4.69) is 10.3 Å². The zero-order valence-electron chi connectivity index (χ0n) is 9.43. The number of nitrogens with two attached hydrogens (primary N) is 1. The minimum absolute atomic E-state index is 0.131. The van der Waals surface area contributed by atoms with E-state index in [1.807, 2.05) is 18.4 Å². The summed E-state index contributed by atoms with van der Waals surface area (Å²) in [5.41, 5.74) is 8.33. The van der Waals surface area contributed by atoms with Gasteiger partial charge in [0, 0.05) is 18.9 Å². The molecule has 2 aromatic rings. The SMILES string of the molecule is Cc1cnccc1CNC(=O)c1sccc1N. The number of nitrogen functional groups attached to an aromatic ring is 1. The Bertz CT molecular complexity index is 536. The second-order valence-electron chi connectivity index (χ2n) is 3.69. The van der Waals surface area contributed by atoms with Crippen LogP contribution in [-0.2, 0) is 6.54 Å². The van der Waals surface area contributed by atoms with Gasteiger partial charge in [-0.2, -0.15) is 0 Å². The lowest BCUT2D eigenvalue weighted by molar-refractivity contribution is 0.0955. The van der Waals surface area contributed by atoms with Gasteiger partial charge < -0.3 is 11.1 Å². The number of aromatic nitrogens is 1. The summed E-state index contributed by atoms with van der Waals surface area (Å²) in [7, 11) is 0. The van der Waals surface area contributed by atoms with Crippen molar-refractivity contribution in [3.8, 4) is 0 Å². The van der Waals surface area contributed by atoms with E-state index in [1.54, 1.807) is 18.5 Å². The predicted molar refractivity (Wildman–Crippen MR) is 68.9 cm³/mol. The monoisotopic (exact) mass is 247 g/mol. The minimum atomic E-state index is -0.131. The average molecular weight is 247 g/mol. The van der Waals surface area contributed by atoms with Crippen molar-refractivity contribution in [2.75, 3.05) is 5.73 Å². The van der Waals surface area contributed by atoms with Gasteiger partial charge in [0.1, 0.15) is 4.88 Å². The maximum Gasteiger partial charge on any atom is 0.263 e. The topological polar surface area (TPSA) is 68.0 Å². The van der Waals surface area contributed by atoms with Crippen LogP contribution >= 0.6 is 11.3 Å². The van der Waals surface area contributed by atoms with E-state index in [1.165, 1.54) is 11.3 Å². The second-order valence-corrected chi connectivity index (χ2v) is 4.61. The van der Waals surface area contributed by atoms with Crippen LogP contribution in [0.15, 0.2) is 29.9 Å². The molecule has 0 fully saturated rings. The molecule has 0 aliphatic carbocycles. The summed E-state index contributed by atoms with van der Waals surface area (Å²) in [5, 5.41) is 4.65. The van der Waals surface area contributed by atoms with Crippen molar-refractivity contribution in [1.82, 2.24) is 10.3 Å². The van der Waals surface area contributed by atoms with E-state index >= 15 is 0 Å². The molecule has 0 aliphatic heterocycles. The largest absolute Gasteiger partial charge is 0.397 e. The molecule has 0 aromatic carbocycles. The normalized spacial score (nSPS) is 10.2. The maximum atomic E-state index is 11.8. The molecule has 4 nitrogen and oxygen atoms in total. The number of nitrogens with one attached hydrogen (secondary N) is 1. The fraction of sp³-hybridized carbons (Fsp3) is 0.167. The number of amides is 1. The summed E-state index contributed by atoms with van der Waals surface area (Å²) in [6, 6.07) is 3.63. The molecule has 0 bridgehead atoms. The predicted octanol–water partition coefficient (Wildman–Crippen LogP) is 1.96. The van der Waals surface area contributed by atoms with E-state index < -0.39 is 0 Å². The molecular formula is C12H13N3OS. The Kier molecular flexibility index (Phi) is 3.39. The molecule has 3 N–H and O–H groups in total. The van der Waals surface area contributed by atoms with Crippen LogP contribution in [0.25, 0.3) is 0 Å². The van der Waals surface area contributed by atoms with Gasteiger partial charge in [0.15, 0.2) is 0 Å². The van der Waals surface area contributed by atoms with E-state index in [0.717, 1.165) is 11.1 Å². The molecule has 2 heterocycles. The van der Waals surface area contributed by atoms with Gasteiger partial charge in [-0.15, -0.1) is 11.3 Å². The highest BCUT2D eigenvalue weighted by Crippen LogP contribution is 2.18. The number of pyridine rings is 1. The molecule has 2 aromatic heterocycles. The minimum Gasteiger partial charge on any atom is -0.397 e. The molecule has 0 saturated heterocycles. The van der Waals surface area contributed by atoms with Crippen LogP contribution in [0.2, 0.25) is 0 Å². The first-order chi connectivity index (χ1) is 8.18. The van der Waals surface area contributed by atoms with Gasteiger partial charge in [0.05, 0.1) is 5.69 Å². The fourth-order valence-corrected chi connectivity index (χ4v) is 2.19. The number of hydrogen-bond donors (Lipinski definition) is 2. The number of rotatable bonds is 3. The lowest BCUT2D eigenvalue weighted by atomic mass is 10.1. The summed E-state index contributed by atoms with van der Waals surface area (Å²) in [6.07, 6.45) is 3.50. The van der Waals surface area contributed by atoms with Crippen molar-refractivity contribution in [3.63, 3.8) is 0 Å². The third-order valence-corrected chi connectivity index (χ3v) is 3.41. The lowest BCUT2D eigenvalue weighted by Gasteiger charge is -2.06. The highest BCUT2D eigenvalue weighted by atomic mass is 32.1. The number of hydrogen-bond acceptors (Lipinski definition) is 4. The Balaban J connectivity index is 2.02. The Morgan fingerprint density at radius 2 is 2.35 bits per heavy atom. The zero-order valence-corrected chi connectivity index (χ0v) is 10.3. The van der Waals surface area contributed by atoms with E-state index in [0.29, 0.717) is 17.1 Å². The third-order valence-electron chi connectivity index (χ3n) is 2.48. The Labute approximate surface area is 103 Å². The number of thiophene rings is 1. The third kappa shape index (κ3) is 2.62. The molecule has 0 unspecified atom stereocenters. The van der Waals surface area contributed by atoms with Crippen LogP contribution in [0.3, 0.4) is 0 Å². The maximum absolute atomic E-state index is 11.8. The molecule has 2 rings (SSSR count). The average Bonchev–Trinajstić information content (AvgIpc) is 2.74. The number of carbonyl (C=O) groups is 1. The van der Waals surface area contributed by atoms with Gasteiger partial charge in [-0.25, -0.2) is 0 Å². The fourth-order valence-electron chi connectivity index (χ4n) is 1.46. The molecule has 17 heavy (non-hydrogen) atoms. The van der Waals surface area contributed by atoms with Gasteiger partial charge in [0.25, 0.3) is 5.91 Å². The molecule has 0 saturated carbocycles. The van der Waals surface area contributed by atoms with Crippen LogP contribution < -0.4 is 11.1 Å². The number of nitrogens with zero attached hydrogens (tertiary/aromatic N) is 1. The lowest BCUT2D eigenvalue weighted by Crippen LogP contribution is -2.23. The van der Waals surface area contributed by atoms with Crippen LogP contribution in [-0.4, -0.2) is 10.9 Å². The van der Waals surface area contributed by atoms with Gasteiger partial charge in [-0.05, 0) is 35.6 Å². The molecule has 1 amide bonds. The summed E-state index contributed by atoms with van der Waals surface area (Å²) in [5.74, 6) is -0.131. The van der Waals surface area contributed by atoms with Crippen molar-refractivity contribution < 1.29 is 4.79 Å². The molecule has 88 valence electrons. The first-order valence-electron chi connectivity index (χ1n) is 5.19. The summed E-state index contributed by atoms with van der Waals surface area (Å²) in [4.78, 5) is 16.4. The van der Waals surface area contributed by atoms with Crippen molar-refractivity contribution in [2.24, 2.45) is 0 Å².